The van der Waals surface area contributed by atoms with E-state index in [0.717, 1.165) is 0 Å². The second-order valence-electron chi connectivity index (χ2n) is 1.29. The maximum Gasteiger partial charge on any atom is 0.0564 e. The highest BCUT2D eigenvalue weighted by molar-refractivity contribution is 7.63. The van der Waals surface area contributed by atoms with E-state index in [0.29, 0.717) is 0 Å². The fourth-order valence-electron chi connectivity index (χ4n) is 0.276. The van der Waals surface area contributed by atoms with E-state index < -0.39 is 0 Å². The lowest BCUT2D eigenvalue weighted by Crippen LogP contribution is -1.62. The molecule has 4 heavy (non-hydrogen) atoms. The van der Waals surface area contributed by atoms with E-state index in [1.165, 1.54) is 28.7 Å². The predicted molar refractivity (Wildman–Crippen MR) is 21.6 cm³/mol. The van der Waals surface area contributed by atoms with Gasteiger partial charge in [0.05, 0.1) is 9.52 Å². The molecule has 2 heteroatoms. The number of rotatable bonds is 0. The van der Waals surface area contributed by atoms with Crippen LogP contribution in [0.1, 0.15) is 0 Å². The van der Waals surface area contributed by atoms with Crippen LogP contribution >= 0.6 is 8.58 Å². The topological polar surface area (TPSA) is 0 Å². The second-order valence-corrected chi connectivity index (χ2v) is 5.60. The van der Waals surface area contributed by atoms with Gasteiger partial charge >= 0.3 is 0 Å². The molecule has 2 atom stereocenters. The van der Waals surface area contributed by atoms with Crippen LogP contribution in [0.4, 0.5) is 0 Å². The van der Waals surface area contributed by atoms with Gasteiger partial charge in [-0.05, 0) is 10.6 Å². The first kappa shape index (κ1) is 1.94. The summed E-state index contributed by atoms with van der Waals surface area (Å²) in [6.45, 7) is 0. The average molecular weight is 86.1 g/mol. The molecule has 0 nitrogen and oxygen atoms in total. The molecule has 0 saturated carbocycles. The highest BCUT2D eigenvalue weighted by atomic mass is 31.1. The van der Waals surface area contributed by atoms with Gasteiger partial charge in [-0.25, -0.2) is 0 Å². The van der Waals surface area contributed by atoms with Crippen molar-refractivity contribution in [2.75, 3.05) is 0 Å². The van der Waals surface area contributed by atoms with Crippen LogP contribution in [-0.2, 0) is 0 Å². The summed E-state index contributed by atoms with van der Waals surface area (Å²) in [5.74, 6) is 0. The van der Waals surface area contributed by atoms with E-state index in [4.69, 9.17) is 0 Å². The molecule has 0 aliphatic carbocycles. The van der Waals surface area contributed by atoms with Crippen molar-refractivity contribution in [3.63, 3.8) is 0 Å². The Hall–Kier alpha value is 0.647. The minimum atomic E-state index is 1.31. The molecule has 2 rings (SSSR count). The minimum absolute atomic E-state index is 1.31. The van der Waals surface area contributed by atoms with Gasteiger partial charge in [-0.15, -0.1) is 8.58 Å². The van der Waals surface area contributed by atoms with Gasteiger partial charge in [0, 0.05) is 0 Å². The van der Waals surface area contributed by atoms with Gasteiger partial charge in [-0.2, -0.15) is 0 Å². The third kappa shape index (κ3) is 0.0960. The zero-order valence-corrected chi connectivity index (χ0v) is 4.15. The predicted octanol–water partition coefficient (Wildman–Crippen LogP) is 0.0485. The number of hydrogen-bond acceptors (Lipinski definition) is 0. The summed E-state index contributed by atoms with van der Waals surface area (Å²) >= 11 is 0. The molecule has 2 aliphatic heterocycles. The first-order valence-corrected chi connectivity index (χ1v) is 3.80. The second kappa shape index (κ2) is 0.342. The van der Waals surface area contributed by atoms with Crippen molar-refractivity contribution in [1.29, 1.82) is 0 Å². The Morgan fingerprint density at radius 1 is 1.50 bits per heavy atom. The molecule has 2 aliphatic rings. The summed E-state index contributed by atoms with van der Waals surface area (Å²) in [5.41, 5.74) is 0. The van der Waals surface area contributed by atoms with Crippen LogP contribution in [-0.4, -0.2) is 20.1 Å². The van der Waals surface area contributed by atoms with Gasteiger partial charge in [0.1, 0.15) is 0 Å². The molecular formula is C2H3PSi. The van der Waals surface area contributed by atoms with Crippen LogP contribution in [0.3, 0.4) is 0 Å². The van der Waals surface area contributed by atoms with Gasteiger partial charge in [0.2, 0.25) is 0 Å². The quantitative estimate of drug-likeness (QED) is 0.288. The van der Waals surface area contributed by atoms with Gasteiger partial charge in [0.15, 0.2) is 0 Å². The van der Waals surface area contributed by atoms with E-state index in [9.17, 15) is 0 Å². The summed E-state index contributed by atoms with van der Waals surface area (Å²) in [7, 11) is 2.83. The number of fused-ring (bicyclic) bond motifs is 1. The van der Waals surface area contributed by atoms with E-state index in [1.807, 2.05) is 0 Å². The lowest BCUT2D eigenvalue weighted by molar-refractivity contribution is 1.73. The van der Waals surface area contributed by atoms with Crippen molar-refractivity contribution in [2.45, 2.75) is 10.6 Å². The Kier molecular flexibility index (Phi) is 0.166. The van der Waals surface area contributed by atoms with Crippen molar-refractivity contribution >= 4 is 18.1 Å². The van der Waals surface area contributed by atoms with E-state index >= 15 is 0 Å². The van der Waals surface area contributed by atoms with Crippen LogP contribution < -0.4 is 0 Å². The first-order valence-electron chi connectivity index (χ1n) is 1.49. The van der Waals surface area contributed by atoms with Crippen LogP contribution in [0, 0.1) is 0 Å². The first-order chi connectivity index (χ1) is 1.97. The molecule has 0 aromatic carbocycles. The maximum atomic E-state index is 1.42. The molecule has 0 bridgehead atoms. The Labute approximate surface area is 29.6 Å². The van der Waals surface area contributed by atoms with Gasteiger partial charge in [0.25, 0.3) is 0 Å². The molecular weight excluding hydrogens is 83.1 g/mol. The molecule has 2 unspecified atom stereocenters. The Morgan fingerprint density at radius 2 is 1.75 bits per heavy atom. The van der Waals surface area contributed by atoms with Crippen molar-refractivity contribution in [3.8, 4) is 0 Å². The molecule has 2 heterocycles. The Bertz CT molecular complexity index is 42.0. The molecule has 0 N–H and O–H groups in total. The summed E-state index contributed by atoms with van der Waals surface area (Å²) in [4.78, 5) is 0. The summed E-state index contributed by atoms with van der Waals surface area (Å²) in [6, 6.07) is 0. The van der Waals surface area contributed by atoms with Gasteiger partial charge in [-0.3, -0.25) is 0 Å². The zero-order chi connectivity index (χ0) is 2.57. The van der Waals surface area contributed by atoms with Crippen LogP contribution in [0.5, 0.6) is 0 Å². The SMILES string of the molecule is [Si]1C2PC12. The van der Waals surface area contributed by atoms with Gasteiger partial charge in [-0.1, -0.05) is 0 Å². The Balaban J connectivity index is 2.48. The lowest BCUT2D eigenvalue weighted by Gasteiger charge is -1.59. The lowest BCUT2D eigenvalue weighted by atomic mass is 11.0. The molecule has 0 aromatic heterocycles. The zero-order valence-electron chi connectivity index (χ0n) is 2.15. The normalized spacial score (nSPS) is 72.0. The summed E-state index contributed by atoms with van der Waals surface area (Å²) in [5, 5.41) is 2.61. The summed E-state index contributed by atoms with van der Waals surface area (Å²) in [6.07, 6.45) is 0. The fraction of sp³-hybridized carbons (Fsp3) is 1.00. The molecule has 2 radical (unpaired) electrons. The molecule has 2 fully saturated rings. The van der Waals surface area contributed by atoms with Gasteiger partial charge < -0.3 is 0 Å². The smallest absolute Gasteiger partial charge is 0.0564 e. The largest absolute Gasteiger partial charge is 0.122 e. The van der Waals surface area contributed by atoms with Crippen molar-refractivity contribution < 1.29 is 0 Å². The maximum absolute atomic E-state index is 1.42. The van der Waals surface area contributed by atoms with Crippen molar-refractivity contribution in [1.82, 2.24) is 0 Å². The Morgan fingerprint density at radius 3 is 1.75 bits per heavy atom. The monoisotopic (exact) mass is 86.0 g/mol. The number of hydrogen-bond donors (Lipinski definition) is 0. The van der Waals surface area contributed by atoms with Crippen molar-refractivity contribution in [3.05, 3.63) is 0 Å². The summed E-state index contributed by atoms with van der Waals surface area (Å²) < 4.78 is 0. The fourth-order valence-corrected chi connectivity index (χ4v) is 2.48. The van der Waals surface area contributed by atoms with E-state index in [1.54, 1.807) is 0 Å². The molecule has 20 valence electrons. The third-order valence-electron chi connectivity index (χ3n) is 0.833. The average Bonchev–Trinajstić information content (AvgIpc) is 1.36. The molecule has 0 aromatic rings. The van der Waals surface area contributed by atoms with E-state index in [-0.39, 0.29) is 0 Å². The third-order valence-corrected chi connectivity index (χ3v) is 5.50. The highest BCUT2D eigenvalue weighted by Crippen LogP contribution is 2.61. The van der Waals surface area contributed by atoms with Crippen LogP contribution in [0.2, 0.25) is 0 Å². The van der Waals surface area contributed by atoms with Crippen LogP contribution in [0.15, 0.2) is 0 Å². The van der Waals surface area contributed by atoms with Crippen LogP contribution in [0.25, 0.3) is 0 Å². The standard InChI is InChI=1S/C2H3PSi/c3-1-2(3)4-1/h1-3H. The molecule has 0 spiro atoms. The molecule has 2 saturated heterocycles. The molecule has 0 amide bonds. The van der Waals surface area contributed by atoms with Crippen molar-refractivity contribution in [2.24, 2.45) is 0 Å². The van der Waals surface area contributed by atoms with E-state index in [2.05, 4.69) is 0 Å². The highest BCUT2D eigenvalue weighted by Gasteiger charge is 2.53. The minimum Gasteiger partial charge on any atom is -0.122 e.